The fraction of sp³-hybridized carbons (Fsp3) is 0.450. The topological polar surface area (TPSA) is 75.4 Å². The lowest BCUT2D eigenvalue weighted by atomic mass is 9.87. The van der Waals surface area contributed by atoms with Crippen molar-refractivity contribution in [3.05, 3.63) is 47.0 Å². The van der Waals surface area contributed by atoms with Crippen molar-refractivity contribution in [2.45, 2.75) is 32.6 Å². The summed E-state index contributed by atoms with van der Waals surface area (Å²) in [4.78, 5) is 26.1. The Hall–Kier alpha value is -2.70. The molecule has 0 bridgehead atoms. The van der Waals surface area contributed by atoms with Gasteiger partial charge in [-0.15, -0.1) is 0 Å². The molecule has 1 aliphatic heterocycles. The highest BCUT2D eigenvalue weighted by Crippen LogP contribution is 2.31. The Morgan fingerprint density at radius 1 is 1.26 bits per heavy atom. The van der Waals surface area contributed by atoms with Crippen LogP contribution < -0.4 is 0 Å². The summed E-state index contributed by atoms with van der Waals surface area (Å²) < 4.78 is 15.8. The molecular formula is C20H22FN3O3. The van der Waals surface area contributed by atoms with Gasteiger partial charge in [0.15, 0.2) is 5.69 Å². The number of carboxylic acid groups (broad SMARTS) is 1. The SMILES string of the molecule is CC1CN(C(=O)c2nn(-c3ccccc3F)c3c2CCC3)CCC1C(=O)O. The molecule has 1 N–H and O–H groups in total. The predicted octanol–water partition coefficient (Wildman–Crippen LogP) is 2.68. The summed E-state index contributed by atoms with van der Waals surface area (Å²) in [6.45, 7) is 2.67. The number of amides is 1. The molecule has 4 rings (SSSR count). The van der Waals surface area contributed by atoms with Gasteiger partial charge in [-0.25, -0.2) is 9.07 Å². The standard InChI is InChI=1S/C20H22FN3O3/c1-12-11-23(10-9-13(12)20(26)27)19(25)18-14-5-4-8-16(14)24(22-18)17-7-3-2-6-15(17)21/h2-3,6-7,12-13H,4-5,8-11H2,1H3,(H,26,27). The minimum Gasteiger partial charge on any atom is -0.481 e. The molecule has 1 amide bonds. The molecule has 2 aromatic rings. The number of benzene rings is 1. The van der Waals surface area contributed by atoms with E-state index in [4.69, 9.17) is 0 Å². The van der Waals surface area contributed by atoms with E-state index in [2.05, 4.69) is 5.10 Å². The van der Waals surface area contributed by atoms with Crippen molar-refractivity contribution in [1.29, 1.82) is 0 Å². The molecule has 2 aliphatic rings. The van der Waals surface area contributed by atoms with Crippen LogP contribution in [-0.4, -0.2) is 44.8 Å². The van der Waals surface area contributed by atoms with E-state index in [9.17, 15) is 19.1 Å². The highest BCUT2D eigenvalue weighted by molar-refractivity contribution is 5.94. The van der Waals surface area contributed by atoms with E-state index < -0.39 is 11.9 Å². The first-order chi connectivity index (χ1) is 13.0. The maximum Gasteiger partial charge on any atom is 0.306 e. The van der Waals surface area contributed by atoms with E-state index in [0.717, 1.165) is 30.5 Å². The summed E-state index contributed by atoms with van der Waals surface area (Å²) in [5, 5.41) is 13.8. The minimum atomic E-state index is -0.806. The lowest BCUT2D eigenvalue weighted by molar-refractivity contribution is -0.145. The number of carboxylic acids is 1. The van der Waals surface area contributed by atoms with Gasteiger partial charge >= 0.3 is 5.97 Å². The highest BCUT2D eigenvalue weighted by atomic mass is 19.1. The molecule has 1 aromatic heterocycles. The number of para-hydroxylation sites is 1. The van der Waals surface area contributed by atoms with Crippen LogP contribution in [0.5, 0.6) is 0 Å². The van der Waals surface area contributed by atoms with Gasteiger partial charge in [0.1, 0.15) is 11.5 Å². The average molecular weight is 371 g/mol. The van der Waals surface area contributed by atoms with Crippen molar-refractivity contribution in [3.8, 4) is 5.69 Å². The molecule has 1 fully saturated rings. The van der Waals surface area contributed by atoms with Gasteiger partial charge in [0.2, 0.25) is 0 Å². The van der Waals surface area contributed by atoms with Gasteiger partial charge < -0.3 is 10.0 Å². The van der Waals surface area contributed by atoms with Gasteiger partial charge in [-0.2, -0.15) is 5.10 Å². The number of halogens is 1. The maximum atomic E-state index is 14.3. The second kappa shape index (κ2) is 6.79. The molecule has 2 heterocycles. The van der Waals surface area contributed by atoms with Gasteiger partial charge in [-0.3, -0.25) is 9.59 Å². The van der Waals surface area contributed by atoms with Crippen LogP contribution in [0.3, 0.4) is 0 Å². The zero-order valence-electron chi connectivity index (χ0n) is 15.2. The zero-order valence-corrected chi connectivity index (χ0v) is 15.2. The Labute approximate surface area is 156 Å². The fourth-order valence-electron chi connectivity index (χ4n) is 4.28. The first-order valence-corrected chi connectivity index (χ1v) is 9.35. The van der Waals surface area contributed by atoms with E-state index in [0.29, 0.717) is 30.9 Å². The summed E-state index contributed by atoms with van der Waals surface area (Å²) in [6.07, 6.45) is 2.88. The Balaban J connectivity index is 1.65. The number of hydrogen-bond donors (Lipinski definition) is 1. The van der Waals surface area contributed by atoms with Gasteiger partial charge in [0.05, 0.1) is 5.92 Å². The number of likely N-dealkylation sites (tertiary alicyclic amines) is 1. The van der Waals surface area contributed by atoms with E-state index in [1.165, 1.54) is 6.07 Å². The van der Waals surface area contributed by atoms with Crippen LogP contribution in [0, 0.1) is 17.7 Å². The molecule has 2 atom stereocenters. The first-order valence-electron chi connectivity index (χ1n) is 9.35. The number of aliphatic carboxylic acids is 1. The number of hydrogen-bond acceptors (Lipinski definition) is 3. The number of nitrogens with zero attached hydrogens (tertiary/aromatic N) is 3. The van der Waals surface area contributed by atoms with Gasteiger partial charge in [-0.05, 0) is 43.7 Å². The van der Waals surface area contributed by atoms with E-state index in [-0.39, 0.29) is 17.6 Å². The quantitative estimate of drug-likeness (QED) is 0.900. The molecule has 27 heavy (non-hydrogen) atoms. The van der Waals surface area contributed by atoms with Crippen molar-refractivity contribution in [2.75, 3.05) is 13.1 Å². The van der Waals surface area contributed by atoms with E-state index in [1.54, 1.807) is 27.8 Å². The van der Waals surface area contributed by atoms with E-state index >= 15 is 0 Å². The van der Waals surface area contributed by atoms with Crippen molar-refractivity contribution < 1.29 is 19.1 Å². The number of piperidine rings is 1. The van der Waals surface area contributed by atoms with Crippen LogP contribution in [0.25, 0.3) is 5.69 Å². The molecule has 142 valence electrons. The summed E-state index contributed by atoms with van der Waals surface area (Å²) in [5.41, 5.74) is 2.53. The maximum absolute atomic E-state index is 14.3. The minimum absolute atomic E-state index is 0.109. The number of carbonyl (C=O) groups is 2. The molecule has 0 saturated carbocycles. The summed E-state index contributed by atoms with van der Waals surface area (Å²) in [6, 6.07) is 6.43. The Bertz CT molecular complexity index is 908. The fourth-order valence-corrected chi connectivity index (χ4v) is 4.28. The molecule has 6 nitrogen and oxygen atoms in total. The largest absolute Gasteiger partial charge is 0.481 e. The molecule has 7 heteroatoms. The average Bonchev–Trinajstić information content (AvgIpc) is 3.24. The monoisotopic (exact) mass is 371 g/mol. The van der Waals surface area contributed by atoms with Crippen LogP contribution in [0.15, 0.2) is 24.3 Å². The van der Waals surface area contributed by atoms with Gasteiger partial charge in [0, 0.05) is 24.3 Å². The molecule has 1 aliphatic carbocycles. The zero-order chi connectivity index (χ0) is 19.1. The molecule has 2 unspecified atom stereocenters. The van der Waals surface area contributed by atoms with Crippen molar-refractivity contribution in [1.82, 2.24) is 14.7 Å². The van der Waals surface area contributed by atoms with Crippen LogP contribution >= 0.6 is 0 Å². The highest BCUT2D eigenvalue weighted by Gasteiger charge is 2.36. The number of aromatic nitrogens is 2. The van der Waals surface area contributed by atoms with Gasteiger partial charge in [0.25, 0.3) is 5.91 Å². The predicted molar refractivity (Wildman–Crippen MR) is 96.4 cm³/mol. The molecule has 0 radical (unpaired) electrons. The molecular weight excluding hydrogens is 349 g/mol. The third-order valence-corrected chi connectivity index (χ3v) is 5.72. The smallest absolute Gasteiger partial charge is 0.306 e. The third kappa shape index (κ3) is 3.01. The molecule has 1 aromatic carbocycles. The normalized spacial score (nSPS) is 21.9. The second-order valence-electron chi connectivity index (χ2n) is 7.45. The van der Waals surface area contributed by atoms with Crippen LogP contribution in [-0.2, 0) is 17.6 Å². The lowest BCUT2D eigenvalue weighted by Gasteiger charge is -2.34. The summed E-state index contributed by atoms with van der Waals surface area (Å²) in [5.74, 6) is -1.89. The Morgan fingerprint density at radius 3 is 2.74 bits per heavy atom. The third-order valence-electron chi connectivity index (χ3n) is 5.72. The number of rotatable bonds is 3. The Kier molecular flexibility index (Phi) is 4.45. The van der Waals surface area contributed by atoms with Crippen molar-refractivity contribution in [2.24, 2.45) is 11.8 Å². The van der Waals surface area contributed by atoms with Crippen molar-refractivity contribution in [3.63, 3.8) is 0 Å². The van der Waals surface area contributed by atoms with Crippen molar-refractivity contribution >= 4 is 11.9 Å². The number of carbonyl (C=O) groups excluding carboxylic acids is 1. The molecule has 1 saturated heterocycles. The van der Waals surface area contributed by atoms with Crippen LogP contribution in [0.2, 0.25) is 0 Å². The van der Waals surface area contributed by atoms with Crippen LogP contribution in [0.1, 0.15) is 41.5 Å². The lowest BCUT2D eigenvalue weighted by Crippen LogP contribution is -2.45. The number of fused-ring (bicyclic) bond motifs is 1. The second-order valence-corrected chi connectivity index (χ2v) is 7.45. The summed E-state index contributed by atoms with van der Waals surface area (Å²) in [7, 11) is 0. The Morgan fingerprint density at radius 2 is 2.04 bits per heavy atom. The first kappa shape index (κ1) is 17.7. The molecule has 0 spiro atoms. The van der Waals surface area contributed by atoms with Gasteiger partial charge in [-0.1, -0.05) is 19.1 Å². The summed E-state index contributed by atoms with van der Waals surface area (Å²) >= 11 is 0. The van der Waals surface area contributed by atoms with E-state index in [1.807, 2.05) is 6.92 Å². The van der Waals surface area contributed by atoms with Crippen LogP contribution in [0.4, 0.5) is 4.39 Å².